The van der Waals surface area contributed by atoms with Crippen LogP contribution in [0.4, 0.5) is 0 Å². The van der Waals surface area contributed by atoms with Gasteiger partial charge in [0.1, 0.15) is 12.1 Å². The molecule has 3 unspecified atom stereocenters. The number of para-hydroxylation sites is 2. The second-order valence-electron chi connectivity index (χ2n) is 8.36. The molecule has 2 heterocycles. The van der Waals surface area contributed by atoms with Crippen molar-refractivity contribution in [2.24, 2.45) is 5.92 Å². The van der Waals surface area contributed by atoms with Crippen LogP contribution < -0.4 is 14.8 Å². The Morgan fingerprint density at radius 3 is 2.40 bits per heavy atom. The van der Waals surface area contributed by atoms with E-state index in [0.717, 1.165) is 0 Å². The van der Waals surface area contributed by atoms with E-state index in [-0.39, 0.29) is 30.4 Å². The first-order valence-electron chi connectivity index (χ1n) is 10.4. The molecule has 2 aliphatic heterocycles. The van der Waals surface area contributed by atoms with Crippen LogP contribution >= 0.6 is 0 Å². The summed E-state index contributed by atoms with van der Waals surface area (Å²) < 4.78 is 11.5. The number of piperazine rings is 1. The average molecular weight is 415 g/mol. The number of ether oxygens (including phenoxy) is 2. The van der Waals surface area contributed by atoms with E-state index in [4.69, 9.17) is 9.47 Å². The zero-order valence-electron chi connectivity index (χ0n) is 18.1. The number of nitrogens with one attached hydrogen (secondary N) is 1. The molecule has 3 rings (SSSR count). The van der Waals surface area contributed by atoms with Gasteiger partial charge in [0.25, 0.3) is 5.91 Å². The second kappa shape index (κ2) is 8.92. The van der Waals surface area contributed by atoms with Gasteiger partial charge in [-0.15, -0.1) is 0 Å². The number of amides is 2. The first kappa shape index (κ1) is 21.9. The van der Waals surface area contributed by atoms with Crippen LogP contribution in [0.1, 0.15) is 27.7 Å². The maximum atomic E-state index is 12.9. The molecule has 162 valence electrons. The minimum absolute atomic E-state index is 0.00374. The third-order valence-corrected chi connectivity index (χ3v) is 6.11. The molecule has 0 radical (unpaired) electrons. The van der Waals surface area contributed by atoms with Gasteiger partial charge in [-0.3, -0.25) is 14.5 Å². The fourth-order valence-corrected chi connectivity index (χ4v) is 3.50. The zero-order chi connectivity index (χ0) is 21.9. The summed E-state index contributed by atoms with van der Waals surface area (Å²) in [4.78, 5) is 29.3. The topological polar surface area (TPSA) is 94.9 Å². The summed E-state index contributed by atoms with van der Waals surface area (Å²) in [6.07, 6.45) is -0.658. The summed E-state index contributed by atoms with van der Waals surface area (Å²) in [6, 6.07) is 9.14. The molecule has 3 atom stereocenters. The second-order valence-corrected chi connectivity index (χ2v) is 8.36. The number of fused-ring (bicyclic) bond motifs is 1. The molecule has 30 heavy (non-hydrogen) atoms. The fourth-order valence-electron chi connectivity index (χ4n) is 3.50. The van der Waals surface area contributed by atoms with E-state index in [1.165, 1.54) is 0 Å². The summed E-state index contributed by atoms with van der Waals surface area (Å²) >= 11 is 0. The number of nitrogens with zero attached hydrogens (tertiary/aromatic N) is 3. The molecule has 0 aromatic heterocycles. The summed E-state index contributed by atoms with van der Waals surface area (Å²) in [5.74, 6) is 0.955. The molecule has 1 fully saturated rings. The highest BCUT2D eigenvalue weighted by Gasteiger charge is 2.36. The molecular weight excluding hydrogens is 384 g/mol. The zero-order valence-corrected chi connectivity index (χ0v) is 18.1. The van der Waals surface area contributed by atoms with Crippen LogP contribution in [0.5, 0.6) is 11.5 Å². The van der Waals surface area contributed by atoms with Gasteiger partial charge in [-0.1, -0.05) is 26.0 Å². The van der Waals surface area contributed by atoms with E-state index in [1.54, 1.807) is 17.9 Å². The average Bonchev–Trinajstić information content (AvgIpc) is 2.77. The van der Waals surface area contributed by atoms with Crippen molar-refractivity contribution in [3.05, 3.63) is 24.3 Å². The Balaban J connectivity index is 1.53. The van der Waals surface area contributed by atoms with Crippen LogP contribution in [0.25, 0.3) is 0 Å². The van der Waals surface area contributed by atoms with Crippen LogP contribution in [0.2, 0.25) is 0 Å². The van der Waals surface area contributed by atoms with Crippen LogP contribution in [0, 0.1) is 17.2 Å². The van der Waals surface area contributed by atoms with Gasteiger partial charge in [0.2, 0.25) is 12.0 Å². The Labute approximate surface area is 177 Å². The van der Waals surface area contributed by atoms with Gasteiger partial charge in [-0.25, -0.2) is 0 Å². The lowest BCUT2D eigenvalue weighted by molar-refractivity contribution is -0.143. The Bertz CT molecular complexity index is 829. The third kappa shape index (κ3) is 4.51. The Morgan fingerprint density at radius 1 is 1.17 bits per heavy atom. The van der Waals surface area contributed by atoms with Crippen molar-refractivity contribution in [3.8, 4) is 17.6 Å². The van der Waals surface area contributed by atoms with Gasteiger partial charge in [0.15, 0.2) is 11.5 Å². The van der Waals surface area contributed by atoms with Crippen LogP contribution in [0.3, 0.4) is 0 Å². The minimum atomic E-state index is -0.905. The number of nitriles is 1. The number of benzene rings is 1. The van der Waals surface area contributed by atoms with Crippen molar-refractivity contribution in [1.82, 2.24) is 15.1 Å². The fraction of sp³-hybridized carbons (Fsp3) is 0.591. The van der Waals surface area contributed by atoms with Gasteiger partial charge in [-0.05, 0) is 31.9 Å². The number of hydrogen-bond donors (Lipinski definition) is 1. The molecule has 1 aromatic rings. The first-order chi connectivity index (χ1) is 14.2. The molecule has 1 aromatic carbocycles. The Kier molecular flexibility index (Phi) is 6.52. The molecular formula is C22H30N4O4. The molecule has 0 bridgehead atoms. The smallest absolute Gasteiger partial charge is 0.267 e. The molecule has 0 spiro atoms. The van der Waals surface area contributed by atoms with E-state index in [2.05, 4.69) is 11.4 Å². The number of rotatable bonds is 5. The Morgan fingerprint density at radius 2 is 1.80 bits per heavy atom. The molecule has 8 nitrogen and oxygen atoms in total. The maximum absolute atomic E-state index is 12.9. The number of carbonyl (C=O) groups excluding carboxylic acids is 2. The van der Waals surface area contributed by atoms with Crippen molar-refractivity contribution < 1.29 is 19.1 Å². The molecule has 8 heteroatoms. The monoisotopic (exact) mass is 414 g/mol. The number of hydrogen-bond acceptors (Lipinski definition) is 6. The lowest BCUT2D eigenvalue weighted by Crippen LogP contribution is -2.60. The SMILES string of the molecule is CC(C(=O)NC(C)(C#N)C(C)C)N1CCN(C(=O)C2COc3ccccc3O2)CC1. The molecule has 2 amide bonds. The van der Waals surface area contributed by atoms with E-state index in [9.17, 15) is 14.9 Å². The lowest BCUT2D eigenvalue weighted by Gasteiger charge is -2.40. The van der Waals surface area contributed by atoms with Gasteiger partial charge < -0.3 is 19.7 Å². The summed E-state index contributed by atoms with van der Waals surface area (Å²) in [5.41, 5.74) is -0.905. The predicted octanol–water partition coefficient (Wildman–Crippen LogP) is 1.41. The van der Waals surface area contributed by atoms with Crippen molar-refractivity contribution >= 4 is 11.8 Å². The highest BCUT2D eigenvalue weighted by atomic mass is 16.6. The van der Waals surface area contributed by atoms with Crippen LogP contribution in [-0.2, 0) is 9.59 Å². The van der Waals surface area contributed by atoms with Crippen LogP contribution in [0.15, 0.2) is 24.3 Å². The van der Waals surface area contributed by atoms with Gasteiger partial charge in [-0.2, -0.15) is 5.26 Å². The highest BCUT2D eigenvalue weighted by Crippen LogP contribution is 2.31. The summed E-state index contributed by atoms with van der Waals surface area (Å²) in [7, 11) is 0. The van der Waals surface area contributed by atoms with Crippen molar-refractivity contribution in [1.29, 1.82) is 5.26 Å². The van der Waals surface area contributed by atoms with Gasteiger partial charge in [0.05, 0.1) is 12.1 Å². The number of carbonyl (C=O) groups is 2. The van der Waals surface area contributed by atoms with Gasteiger partial charge >= 0.3 is 0 Å². The Hall–Kier alpha value is -2.79. The summed E-state index contributed by atoms with van der Waals surface area (Å²) in [6.45, 7) is 9.77. The molecule has 1 N–H and O–H groups in total. The van der Waals surface area contributed by atoms with Gasteiger partial charge in [0, 0.05) is 26.2 Å². The standard InChI is InChI=1S/C22H30N4O4/c1-15(2)22(4,14-23)24-20(27)16(3)25-9-11-26(12-10-25)21(28)19-13-29-17-7-5-6-8-18(17)30-19/h5-8,15-16,19H,9-13H2,1-4H3,(H,24,27). The first-order valence-corrected chi connectivity index (χ1v) is 10.4. The molecule has 0 aliphatic carbocycles. The quantitative estimate of drug-likeness (QED) is 0.783. The minimum Gasteiger partial charge on any atom is -0.485 e. The molecule has 2 aliphatic rings. The highest BCUT2D eigenvalue weighted by molar-refractivity contribution is 5.83. The van der Waals surface area contributed by atoms with Crippen LogP contribution in [-0.4, -0.2) is 72.1 Å². The summed E-state index contributed by atoms with van der Waals surface area (Å²) in [5, 5.41) is 12.3. The van der Waals surface area contributed by atoms with E-state index in [0.29, 0.717) is 37.7 Å². The van der Waals surface area contributed by atoms with Crippen molar-refractivity contribution in [2.45, 2.75) is 45.4 Å². The predicted molar refractivity (Wildman–Crippen MR) is 111 cm³/mol. The molecule has 0 saturated carbocycles. The maximum Gasteiger partial charge on any atom is 0.267 e. The van der Waals surface area contributed by atoms with E-state index < -0.39 is 11.6 Å². The largest absolute Gasteiger partial charge is 0.485 e. The normalized spacial score (nSPS) is 22.0. The lowest BCUT2D eigenvalue weighted by atomic mass is 9.89. The third-order valence-electron chi connectivity index (χ3n) is 6.11. The van der Waals surface area contributed by atoms with E-state index >= 15 is 0 Å². The molecule has 1 saturated heterocycles. The van der Waals surface area contributed by atoms with Crippen molar-refractivity contribution in [3.63, 3.8) is 0 Å². The van der Waals surface area contributed by atoms with E-state index in [1.807, 2.05) is 43.9 Å². The van der Waals surface area contributed by atoms with Crippen molar-refractivity contribution in [2.75, 3.05) is 32.8 Å².